The van der Waals surface area contributed by atoms with Gasteiger partial charge in [0.2, 0.25) is 10.3 Å². The van der Waals surface area contributed by atoms with Crippen molar-refractivity contribution in [1.29, 1.82) is 0 Å². The van der Waals surface area contributed by atoms with Crippen LogP contribution in [-0.2, 0) is 15.0 Å². The second-order valence-corrected chi connectivity index (χ2v) is 1.78. The summed E-state index contributed by atoms with van der Waals surface area (Å²) >= 11 is 0. The first-order valence-electron chi connectivity index (χ1n) is 1.91. The van der Waals surface area contributed by atoms with E-state index in [1.807, 2.05) is 0 Å². The Hall–Kier alpha value is -0.770. The Morgan fingerprint density at radius 3 is 2.62 bits per heavy atom. The van der Waals surface area contributed by atoms with E-state index in [1.165, 1.54) is 6.26 Å². The van der Waals surface area contributed by atoms with Crippen LogP contribution in [0.2, 0.25) is 0 Å². The van der Waals surface area contributed by atoms with Gasteiger partial charge in [0.15, 0.2) is 0 Å². The molecule has 0 amide bonds. The molecule has 4 heteroatoms. The number of ether oxygens (including phenoxy) is 1. The van der Waals surface area contributed by atoms with E-state index < -0.39 is 10.3 Å². The molecule has 0 heterocycles. The third-order valence-electron chi connectivity index (χ3n) is 0.418. The van der Waals surface area contributed by atoms with E-state index in [2.05, 4.69) is 11.3 Å². The van der Waals surface area contributed by atoms with Crippen LogP contribution in [0.3, 0.4) is 0 Å². The predicted molar refractivity (Wildman–Crippen MR) is 31.1 cm³/mol. The smallest absolute Gasteiger partial charge is 0.213 e. The summed E-state index contributed by atoms with van der Waals surface area (Å²) in [7, 11) is -2.11. The third-order valence-corrected chi connectivity index (χ3v) is 0.826. The van der Waals surface area contributed by atoms with Gasteiger partial charge in [0.25, 0.3) is 0 Å². The minimum Gasteiger partial charge on any atom is -0.497 e. The minimum atomic E-state index is -2.11. The fraction of sp³-hybridized carbons (Fsp3) is 0.250. The van der Waals surface area contributed by atoms with E-state index in [1.54, 1.807) is 0 Å². The van der Waals surface area contributed by atoms with E-state index in [4.69, 9.17) is 0 Å². The fourth-order valence-corrected chi connectivity index (χ4v) is 0.353. The molecule has 0 unspecified atom stereocenters. The molecular weight excluding hydrogens is 128 g/mol. The molecule has 0 rings (SSSR count). The summed E-state index contributed by atoms with van der Waals surface area (Å²) in [5, 5.41) is 1.00. The van der Waals surface area contributed by atoms with Gasteiger partial charge in [-0.15, -0.1) is 0 Å². The molecule has 0 aromatic heterocycles. The molecule has 0 aromatic carbocycles. The lowest BCUT2D eigenvalue weighted by Gasteiger charge is -1.85. The summed E-state index contributed by atoms with van der Waals surface area (Å²) in [5.41, 5.74) is 0. The van der Waals surface area contributed by atoms with Crippen molar-refractivity contribution in [2.24, 2.45) is 0 Å². The van der Waals surface area contributed by atoms with Crippen molar-refractivity contribution in [3.05, 3.63) is 12.8 Å². The Morgan fingerprint density at radius 2 is 2.25 bits per heavy atom. The van der Waals surface area contributed by atoms with Gasteiger partial charge >= 0.3 is 0 Å². The van der Waals surface area contributed by atoms with Gasteiger partial charge in [-0.3, -0.25) is 0 Å². The molecule has 0 aliphatic rings. The molecule has 0 aliphatic heterocycles. The van der Waals surface area contributed by atoms with Gasteiger partial charge in [-0.05, 0) is 0 Å². The normalized spacial score (nSPS) is 7.50. The lowest BCUT2D eigenvalue weighted by atomic mass is 10.9. The molecule has 0 aliphatic carbocycles. The Morgan fingerprint density at radius 1 is 1.62 bits per heavy atom. The van der Waals surface area contributed by atoms with Crippen LogP contribution in [0.15, 0.2) is 12.8 Å². The zero-order chi connectivity index (χ0) is 6.41. The summed E-state index contributed by atoms with van der Waals surface area (Å²) in [6.07, 6.45) is 1.18. The average molecular weight is 134 g/mol. The third kappa shape index (κ3) is 5.23. The maximum Gasteiger partial charge on any atom is 0.213 e. The van der Waals surface area contributed by atoms with Crippen LogP contribution in [0.5, 0.6) is 0 Å². The molecule has 0 N–H and O–H groups in total. The second kappa shape index (κ2) is 4.39. The van der Waals surface area contributed by atoms with Gasteiger partial charge in [0.05, 0.1) is 11.6 Å². The zero-order valence-electron chi connectivity index (χ0n) is 4.20. The molecule has 0 saturated heterocycles. The molecular formula is C4H6O3S. The monoisotopic (exact) mass is 134 g/mol. The summed E-state index contributed by atoms with van der Waals surface area (Å²) in [4.78, 5) is 0. The fourth-order valence-electron chi connectivity index (χ4n) is 0.163. The highest BCUT2D eigenvalue weighted by Gasteiger charge is 1.71. The van der Waals surface area contributed by atoms with Crippen LogP contribution in [0.25, 0.3) is 0 Å². The first kappa shape index (κ1) is 7.23. The molecule has 46 valence electrons. The van der Waals surface area contributed by atoms with Crippen molar-refractivity contribution < 1.29 is 13.2 Å². The van der Waals surface area contributed by atoms with Crippen molar-refractivity contribution in [3.8, 4) is 0 Å². The van der Waals surface area contributed by atoms with Crippen molar-refractivity contribution in [3.63, 3.8) is 0 Å². The molecule has 0 atom stereocenters. The van der Waals surface area contributed by atoms with Crippen molar-refractivity contribution in [2.45, 2.75) is 0 Å². The van der Waals surface area contributed by atoms with E-state index >= 15 is 0 Å². The van der Waals surface area contributed by atoms with Gasteiger partial charge in [0.1, 0.15) is 6.61 Å². The predicted octanol–water partition coefficient (Wildman–Crippen LogP) is -0.172. The zero-order valence-corrected chi connectivity index (χ0v) is 5.02. The van der Waals surface area contributed by atoms with Gasteiger partial charge < -0.3 is 4.74 Å². The maximum atomic E-state index is 9.70. The highest BCUT2D eigenvalue weighted by molar-refractivity contribution is 7.71. The largest absolute Gasteiger partial charge is 0.497 e. The highest BCUT2D eigenvalue weighted by Crippen LogP contribution is 1.65. The summed E-state index contributed by atoms with van der Waals surface area (Å²) in [6, 6.07) is 0. The lowest BCUT2D eigenvalue weighted by Crippen LogP contribution is -1.86. The van der Waals surface area contributed by atoms with Crippen LogP contribution in [-0.4, -0.2) is 20.4 Å². The molecule has 0 saturated carbocycles. The minimum absolute atomic E-state index is 0.0691. The number of hydrogen-bond acceptors (Lipinski definition) is 3. The molecule has 0 radical (unpaired) electrons. The van der Waals surface area contributed by atoms with Gasteiger partial charge in [-0.2, -0.15) is 8.42 Å². The standard InChI is InChI=1S/C4H6O3S/c1-2-7-3-4-8(5)6/h2,4H,1,3H2. The van der Waals surface area contributed by atoms with Gasteiger partial charge in [-0.1, -0.05) is 6.58 Å². The Labute approximate surface area is 49.1 Å². The van der Waals surface area contributed by atoms with Crippen molar-refractivity contribution in [1.82, 2.24) is 0 Å². The highest BCUT2D eigenvalue weighted by atomic mass is 32.2. The van der Waals surface area contributed by atoms with Crippen LogP contribution in [0.4, 0.5) is 0 Å². The van der Waals surface area contributed by atoms with E-state index in [0.717, 1.165) is 5.37 Å². The first-order valence-corrected chi connectivity index (χ1v) is 3.05. The molecule has 0 bridgehead atoms. The molecule has 0 spiro atoms. The Kier molecular flexibility index (Phi) is 3.97. The van der Waals surface area contributed by atoms with Crippen LogP contribution in [0.1, 0.15) is 0 Å². The summed E-state index contributed by atoms with van der Waals surface area (Å²) < 4.78 is 23.9. The van der Waals surface area contributed by atoms with Gasteiger partial charge in [0, 0.05) is 0 Å². The Balaban J connectivity index is 3.46. The van der Waals surface area contributed by atoms with E-state index in [9.17, 15) is 8.42 Å². The lowest BCUT2D eigenvalue weighted by molar-refractivity contribution is 0.308. The molecule has 3 nitrogen and oxygen atoms in total. The van der Waals surface area contributed by atoms with Crippen LogP contribution >= 0.6 is 0 Å². The average Bonchev–Trinajstić information content (AvgIpc) is 1.66. The van der Waals surface area contributed by atoms with Gasteiger partial charge in [-0.25, -0.2) is 0 Å². The van der Waals surface area contributed by atoms with Crippen LogP contribution in [0, 0.1) is 0 Å². The summed E-state index contributed by atoms with van der Waals surface area (Å²) in [6.45, 7) is 3.28. The van der Waals surface area contributed by atoms with Crippen LogP contribution < -0.4 is 0 Å². The number of rotatable bonds is 3. The summed E-state index contributed by atoms with van der Waals surface area (Å²) in [5.74, 6) is 0. The molecule has 0 fully saturated rings. The molecule has 0 aromatic rings. The maximum absolute atomic E-state index is 9.70. The van der Waals surface area contributed by atoms with Crippen molar-refractivity contribution in [2.75, 3.05) is 6.61 Å². The quantitative estimate of drug-likeness (QED) is 0.306. The topological polar surface area (TPSA) is 43.4 Å². The van der Waals surface area contributed by atoms with E-state index in [0.29, 0.717) is 0 Å². The van der Waals surface area contributed by atoms with E-state index in [-0.39, 0.29) is 6.61 Å². The SMILES string of the molecule is C=COCC=S(=O)=O. The Bertz CT molecular complexity index is 169. The first-order chi connectivity index (χ1) is 3.77. The molecule has 8 heavy (non-hydrogen) atoms. The second-order valence-electron chi connectivity index (χ2n) is 0.927. The number of hydrogen-bond donors (Lipinski definition) is 0. The van der Waals surface area contributed by atoms with Crippen molar-refractivity contribution >= 4 is 15.7 Å².